The number of rotatable bonds is 5. The molecule has 4 heteroatoms. The highest BCUT2D eigenvalue weighted by Gasteiger charge is 2.51. The van der Waals surface area contributed by atoms with Crippen molar-refractivity contribution >= 4 is 0 Å². The van der Waals surface area contributed by atoms with Crippen molar-refractivity contribution in [3.63, 3.8) is 0 Å². The molecule has 0 atom stereocenters. The van der Waals surface area contributed by atoms with Crippen LogP contribution in [0.15, 0.2) is 200 Å². The topological polar surface area (TPSA) is 47.9 Å². The lowest BCUT2D eigenvalue weighted by atomic mass is 9.65. The summed E-state index contributed by atoms with van der Waals surface area (Å²) < 4.78 is 6.99. The van der Waals surface area contributed by atoms with Crippen molar-refractivity contribution in [1.29, 1.82) is 0 Å². The van der Waals surface area contributed by atoms with Gasteiger partial charge in [0, 0.05) is 40.2 Å². The van der Waals surface area contributed by atoms with Crippen LogP contribution in [0.5, 0.6) is 11.5 Å². The number of fused-ring (bicyclic) bond motifs is 9. The molecule has 2 aromatic heterocycles. The Morgan fingerprint density at radius 3 is 1.36 bits per heavy atom. The molecule has 1 aliphatic heterocycles. The molecule has 1 spiro atoms. The van der Waals surface area contributed by atoms with Crippen LogP contribution in [0.4, 0.5) is 0 Å². The third-order valence-electron chi connectivity index (χ3n) is 11.3. The Bertz CT molecular complexity index is 2820. The summed E-state index contributed by atoms with van der Waals surface area (Å²) in [5.74, 6) is 2.42. The SMILES string of the molecule is c1ccc(-c2cc(-c3ccc(-c4ccc5c(c4)Oc4cc(-c6ccncc6)ccc4C54c5ccccc5-c5ccccc54)cc3)nc(-c3ccccc3)n2)cc1. The lowest BCUT2D eigenvalue weighted by Crippen LogP contribution is -2.32. The van der Waals surface area contributed by atoms with Crippen LogP contribution in [0.1, 0.15) is 22.3 Å². The van der Waals surface area contributed by atoms with Crippen molar-refractivity contribution in [1.82, 2.24) is 15.0 Å². The average Bonchev–Trinajstić information content (AvgIpc) is 3.57. The van der Waals surface area contributed by atoms with E-state index < -0.39 is 5.41 Å². The van der Waals surface area contributed by atoms with Crippen LogP contribution >= 0.6 is 0 Å². The van der Waals surface area contributed by atoms with Crippen LogP contribution < -0.4 is 4.74 Å². The molecule has 0 N–H and O–H groups in total. The quantitative estimate of drug-likeness (QED) is 0.178. The summed E-state index contributed by atoms with van der Waals surface area (Å²) >= 11 is 0. The fourth-order valence-corrected chi connectivity index (χ4v) is 8.72. The molecule has 0 amide bonds. The zero-order valence-electron chi connectivity index (χ0n) is 30.3. The molecule has 0 saturated heterocycles. The van der Waals surface area contributed by atoms with Gasteiger partial charge in [0.2, 0.25) is 0 Å². The van der Waals surface area contributed by atoms with E-state index in [-0.39, 0.29) is 0 Å². The van der Waals surface area contributed by atoms with Crippen LogP contribution in [-0.2, 0) is 5.41 Å². The van der Waals surface area contributed by atoms with Gasteiger partial charge >= 0.3 is 0 Å². The van der Waals surface area contributed by atoms with E-state index in [2.05, 4.69) is 145 Å². The Morgan fingerprint density at radius 2 is 0.786 bits per heavy atom. The van der Waals surface area contributed by atoms with E-state index >= 15 is 0 Å². The van der Waals surface area contributed by atoms with E-state index in [4.69, 9.17) is 14.7 Å². The molecule has 9 aromatic rings. The van der Waals surface area contributed by atoms with E-state index in [0.29, 0.717) is 5.82 Å². The normalized spacial score (nSPS) is 12.9. The van der Waals surface area contributed by atoms with Crippen molar-refractivity contribution in [2.24, 2.45) is 0 Å². The molecule has 56 heavy (non-hydrogen) atoms. The second-order valence-electron chi connectivity index (χ2n) is 14.4. The average molecular weight is 716 g/mol. The Hall–Kier alpha value is -7.43. The maximum atomic E-state index is 6.99. The molecule has 0 saturated carbocycles. The first-order valence-electron chi connectivity index (χ1n) is 18.9. The van der Waals surface area contributed by atoms with E-state index in [0.717, 1.165) is 73.0 Å². The number of aromatic nitrogens is 3. The molecular formula is C52H33N3O. The number of pyridine rings is 1. The highest BCUT2D eigenvalue weighted by Crippen LogP contribution is 2.62. The standard InChI is InChI=1S/C52H33N3O/c1-3-11-36(12-4-1)47-33-48(55-51(54-47)38-13-5-2-6-14-38)37-21-19-34(20-22-37)39-23-25-45-49(31-39)56-50-32-40(35-27-29-53-30-28-35)24-26-46(50)52(45)43-17-9-7-15-41(43)42-16-8-10-18-44(42)52/h1-33H. The van der Waals surface area contributed by atoms with Crippen molar-refractivity contribution in [3.05, 3.63) is 223 Å². The zero-order valence-corrected chi connectivity index (χ0v) is 30.3. The Balaban J connectivity index is 1.04. The maximum Gasteiger partial charge on any atom is 0.160 e. The van der Waals surface area contributed by atoms with Crippen LogP contribution in [0.2, 0.25) is 0 Å². The predicted octanol–water partition coefficient (Wildman–Crippen LogP) is 12.7. The molecule has 7 aromatic carbocycles. The summed E-state index contributed by atoms with van der Waals surface area (Å²) in [5, 5.41) is 0. The summed E-state index contributed by atoms with van der Waals surface area (Å²) in [4.78, 5) is 14.3. The van der Waals surface area contributed by atoms with Crippen molar-refractivity contribution in [2.45, 2.75) is 5.41 Å². The molecule has 11 rings (SSSR count). The highest BCUT2D eigenvalue weighted by molar-refractivity contribution is 5.89. The Morgan fingerprint density at radius 1 is 0.339 bits per heavy atom. The number of nitrogens with zero attached hydrogens (tertiary/aromatic N) is 3. The second-order valence-corrected chi connectivity index (χ2v) is 14.4. The van der Waals surface area contributed by atoms with Gasteiger partial charge in [-0.05, 0) is 74.8 Å². The molecule has 0 unspecified atom stereocenters. The van der Waals surface area contributed by atoms with Gasteiger partial charge in [-0.15, -0.1) is 0 Å². The predicted molar refractivity (Wildman–Crippen MR) is 224 cm³/mol. The van der Waals surface area contributed by atoms with Crippen LogP contribution in [0.3, 0.4) is 0 Å². The summed E-state index contributed by atoms with van der Waals surface area (Å²) in [7, 11) is 0. The summed E-state index contributed by atoms with van der Waals surface area (Å²) in [5.41, 5.74) is 16.0. The molecule has 2 aliphatic rings. The number of ether oxygens (including phenoxy) is 1. The molecule has 3 heterocycles. The van der Waals surface area contributed by atoms with Crippen LogP contribution in [0, 0.1) is 0 Å². The number of hydrogen-bond donors (Lipinski definition) is 0. The molecule has 262 valence electrons. The molecular weight excluding hydrogens is 683 g/mol. The summed E-state index contributed by atoms with van der Waals surface area (Å²) in [6.45, 7) is 0. The highest BCUT2D eigenvalue weighted by atomic mass is 16.5. The first-order valence-corrected chi connectivity index (χ1v) is 18.9. The van der Waals surface area contributed by atoms with E-state index in [1.165, 1.54) is 22.3 Å². The minimum Gasteiger partial charge on any atom is -0.457 e. The van der Waals surface area contributed by atoms with Gasteiger partial charge in [-0.3, -0.25) is 4.98 Å². The van der Waals surface area contributed by atoms with Gasteiger partial charge in [0.25, 0.3) is 0 Å². The number of benzene rings is 7. The van der Waals surface area contributed by atoms with E-state index in [1.54, 1.807) is 0 Å². The lowest BCUT2D eigenvalue weighted by molar-refractivity contribution is 0.437. The Labute approximate surface area is 325 Å². The third-order valence-corrected chi connectivity index (χ3v) is 11.3. The van der Waals surface area contributed by atoms with Crippen molar-refractivity contribution in [2.75, 3.05) is 0 Å². The minimum atomic E-state index is -0.533. The summed E-state index contributed by atoms with van der Waals surface area (Å²) in [6, 6.07) is 66.4. The van der Waals surface area contributed by atoms with Gasteiger partial charge in [0.1, 0.15) is 11.5 Å². The van der Waals surface area contributed by atoms with Gasteiger partial charge in [0.15, 0.2) is 5.82 Å². The van der Waals surface area contributed by atoms with Gasteiger partial charge in [-0.2, -0.15) is 0 Å². The number of hydrogen-bond acceptors (Lipinski definition) is 4. The molecule has 0 bridgehead atoms. The fraction of sp³-hybridized carbons (Fsp3) is 0.0192. The van der Waals surface area contributed by atoms with Gasteiger partial charge in [-0.25, -0.2) is 9.97 Å². The summed E-state index contributed by atoms with van der Waals surface area (Å²) in [6.07, 6.45) is 3.67. The van der Waals surface area contributed by atoms with E-state index in [1.807, 2.05) is 60.9 Å². The zero-order chi connectivity index (χ0) is 37.1. The first kappa shape index (κ1) is 32.0. The maximum absolute atomic E-state index is 6.99. The molecule has 0 radical (unpaired) electrons. The fourth-order valence-electron chi connectivity index (χ4n) is 8.72. The van der Waals surface area contributed by atoms with Crippen LogP contribution in [0.25, 0.3) is 67.3 Å². The lowest BCUT2D eigenvalue weighted by Gasteiger charge is -2.39. The van der Waals surface area contributed by atoms with E-state index in [9.17, 15) is 0 Å². The largest absolute Gasteiger partial charge is 0.457 e. The van der Waals surface area contributed by atoms with Gasteiger partial charge in [-0.1, -0.05) is 158 Å². The van der Waals surface area contributed by atoms with Crippen molar-refractivity contribution < 1.29 is 4.74 Å². The van der Waals surface area contributed by atoms with Gasteiger partial charge < -0.3 is 4.74 Å². The first-order chi connectivity index (χ1) is 27.7. The van der Waals surface area contributed by atoms with Crippen molar-refractivity contribution in [3.8, 4) is 78.8 Å². The Kier molecular flexibility index (Phi) is 7.36. The monoisotopic (exact) mass is 715 g/mol. The smallest absolute Gasteiger partial charge is 0.160 e. The third kappa shape index (κ3) is 5.04. The van der Waals surface area contributed by atoms with Gasteiger partial charge in [0.05, 0.1) is 16.8 Å². The molecule has 4 nitrogen and oxygen atoms in total. The minimum absolute atomic E-state index is 0.533. The second kappa shape index (κ2) is 12.9. The molecule has 1 aliphatic carbocycles. The van der Waals surface area contributed by atoms with Crippen LogP contribution in [-0.4, -0.2) is 15.0 Å². The molecule has 0 fully saturated rings.